The summed E-state index contributed by atoms with van der Waals surface area (Å²) in [6, 6.07) is 17.2. The SMILES string of the molecule is CC1Cc2ccccc2N(C(=O)C2CCC(=O)N2c2ccccc2)C1. The molecule has 25 heavy (non-hydrogen) atoms. The number of rotatable bonds is 2. The minimum absolute atomic E-state index is 0.0305. The van der Waals surface area contributed by atoms with Crippen LogP contribution in [0.3, 0.4) is 0 Å². The lowest BCUT2D eigenvalue weighted by Crippen LogP contribution is -2.50. The second kappa shape index (κ2) is 6.36. The molecule has 0 saturated carbocycles. The van der Waals surface area contributed by atoms with E-state index in [-0.39, 0.29) is 11.8 Å². The summed E-state index contributed by atoms with van der Waals surface area (Å²) in [7, 11) is 0. The molecule has 1 saturated heterocycles. The van der Waals surface area contributed by atoms with Crippen molar-refractivity contribution in [3.63, 3.8) is 0 Å². The highest BCUT2D eigenvalue weighted by Crippen LogP contribution is 2.33. The number of fused-ring (bicyclic) bond motifs is 1. The van der Waals surface area contributed by atoms with Gasteiger partial charge in [0.1, 0.15) is 6.04 Å². The summed E-state index contributed by atoms with van der Waals surface area (Å²) in [5, 5.41) is 0. The molecule has 0 aliphatic carbocycles. The molecule has 2 aromatic rings. The van der Waals surface area contributed by atoms with Crippen LogP contribution in [0.4, 0.5) is 11.4 Å². The van der Waals surface area contributed by atoms with Gasteiger partial charge in [-0.15, -0.1) is 0 Å². The Morgan fingerprint density at radius 2 is 1.76 bits per heavy atom. The molecule has 0 bridgehead atoms. The van der Waals surface area contributed by atoms with Crippen molar-refractivity contribution in [1.29, 1.82) is 0 Å². The lowest BCUT2D eigenvalue weighted by Gasteiger charge is -2.36. The molecule has 2 amide bonds. The van der Waals surface area contributed by atoms with Crippen LogP contribution in [-0.4, -0.2) is 24.4 Å². The van der Waals surface area contributed by atoms with E-state index in [1.165, 1.54) is 5.56 Å². The number of nitrogens with zero attached hydrogens (tertiary/aromatic N) is 2. The van der Waals surface area contributed by atoms with Crippen molar-refractivity contribution in [3.05, 3.63) is 60.2 Å². The maximum atomic E-state index is 13.4. The summed E-state index contributed by atoms with van der Waals surface area (Å²) in [5.74, 6) is 0.484. The third-order valence-electron chi connectivity index (χ3n) is 5.14. The van der Waals surface area contributed by atoms with E-state index in [9.17, 15) is 9.59 Å². The molecule has 128 valence electrons. The summed E-state index contributed by atoms with van der Waals surface area (Å²) >= 11 is 0. The quantitative estimate of drug-likeness (QED) is 0.844. The van der Waals surface area contributed by atoms with Crippen molar-refractivity contribution in [2.45, 2.75) is 32.2 Å². The summed E-state index contributed by atoms with van der Waals surface area (Å²) in [6.07, 6.45) is 2.00. The molecule has 2 heterocycles. The molecule has 0 radical (unpaired) electrons. The number of carbonyl (C=O) groups is 2. The molecular formula is C21H22N2O2. The molecule has 2 aliphatic heterocycles. The number of para-hydroxylation sites is 2. The van der Waals surface area contributed by atoms with Crippen LogP contribution in [-0.2, 0) is 16.0 Å². The van der Waals surface area contributed by atoms with E-state index in [1.54, 1.807) is 4.90 Å². The Hall–Kier alpha value is -2.62. The standard InChI is InChI=1S/C21H22N2O2/c1-15-13-16-7-5-6-10-18(16)22(14-15)21(25)19-11-12-20(24)23(19)17-8-3-2-4-9-17/h2-10,15,19H,11-14H2,1H3. The van der Waals surface area contributed by atoms with Crippen LogP contribution in [0.1, 0.15) is 25.3 Å². The largest absolute Gasteiger partial charge is 0.310 e. The molecule has 4 heteroatoms. The summed E-state index contributed by atoms with van der Waals surface area (Å²) in [5.41, 5.74) is 3.02. The molecule has 2 aromatic carbocycles. The third-order valence-corrected chi connectivity index (χ3v) is 5.14. The van der Waals surface area contributed by atoms with Gasteiger partial charge in [0.2, 0.25) is 11.8 Å². The maximum absolute atomic E-state index is 13.4. The van der Waals surface area contributed by atoms with Gasteiger partial charge in [-0.05, 0) is 42.5 Å². The molecule has 2 atom stereocenters. The number of carbonyl (C=O) groups excluding carboxylic acids is 2. The van der Waals surface area contributed by atoms with Crippen molar-refractivity contribution >= 4 is 23.2 Å². The molecule has 2 aliphatic rings. The predicted octanol–water partition coefficient (Wildman–Crippen LogP) is 3.41. The van der Waals surface area contributed by atoms with Crippen LogP contribution in [0.5, 0.6) is 0 Å². The van der Waals surface area contributed by atoms with Crippen LogP contribution >= 0.6 is 0 Å². The summed E-state index contributed by atoms with van der Waals surface area (Å²) in [4.78, 5) is 29.4. The van der Waals surface area contributed by atoms with Gasteiger partial charge in [-0.3, -0.25) is 14.5 Å². The Labute approximate surface area is 148 Å². The van der Waals surface area contributed by atoms with Crippen molar-refractivity contribution in [2.24, 2.45) is 5.92 Å². The highest BCUT2D eigenvalue weighted by molar-refractivity contribution is 6.08. The molecule has 0 N–H and O–H groups in total. The Morgan fingerprint density at radius 1 is 1.04 bits per heavy atom. The van der Waals surface area contributed by atoms with Gasteiger partial charge < -0.3 is 4.90 Å². The van der Waals surface area contributed by atoms with Crippen LogP contribution in [0, 0.1) is 5.92 Å². The normalized spacial score (nSPS) is 22.8. The van der Waals surface area contributed by atoms with E-state index in [2.05, 4.69) is 13.0 Å². The Morgan fingerprint density at radius 3 is 2.56 bits per heavy atom. The first kappa shape index (κ1) is 15.9. The first-order valence-electron chi connectivity index (χ1n) is 8.91. The highest BCUT2D eigenvalue weighted by Gasteiger charge is 2.40. The van der Waals surface area contributed by atoms with Gasteiger partial charge in [0.15, 0.2) is 0 Å². The third kappa shape index (κ3) is 2.82. The van der Waals surface area contributed by atoms with Crippen LogP contribution in [0.2, 0.25) is 0 Å². The Kier molecular flexibility index (Phi) is 4.04. The molecule has 2 unspecified atom stereocenters. The zero-order valence-corrected chi connectivity index (χ0v) is 14.4. The van der Waals surface area contributed by atoms with Gasteiger partial charge in [-0.1, -0.05) is 43.3 Å². The first-order chi connectivity index (χ1) is 12.1. The molecule has 4 nitrogen and oxygen atoms in total. The van der Waals surface area contributed by atoms with Crippen molar-refractivity contribution in [3.8, 4) is 0 Å². The van der Waals surface area contributed by atoms with Gasteiger partial charge in [0.25, 0.3) is 0 Å². The lowest BCUT2D eigenvalue weighted by molar-refractivity contribution is -0.122. The van der Waals surface area contributed by atoms with Gasteiger partial charge in [-0.25, -0.2) is 0 Å². The first-order valence-corrected chi connectivity index (χ1v) is 8.91. The predicted molar refractivity (Wildman–Crippen MR) is 98.6 cm³/mol. The molecular weight excluding hydrogens is 312 g/mol. The van der Waals surface area contributed by atoms with Gasteiger partial charge >= 0.3 is 0 Å². The number of amides is 2. The Bertz CT molecular complexity index is 803. The van der Waals surface area contributed by atoms with E-state index in [4.69, 9.17) is 0 Å². The molecule has 4 rings (SSSR count). The van der Waals surface area contributed by atoms with E-state index in [0.29, 0.717) is 25.3 Å². The van der Waals surface area contributed by atoms with Crippen molar-refractivity contribution < 1.29 is 9.59 Å². The summed E-state index contributed by atoms with van der Waals surface area (Å²) in [6.45, 7) is 2.88. The maximum Gasteiger partial charge on any atom is 0.250 e. The minimum atomic E-state index is -0.409. The fourth-order valence-electron chi connectivity index (χ4n) is 4.02. The minimum Gasteiger partial charge on any atom is -0.310 e. The zero-order chi connectivity index (χ0) is 17.4. The fourth-order valence-corrected chi connectivity index (χ4v) is 4.02. The Balaban J connectivity index is 1.68. The van der Waals surface area contributed by atoms with Crippen molar-refractivity contribution in [1.82, 2.24) is 0 Å². The van der Waals surface area contributed by atoms with Crippen LogP contribution < -0.4 is 9.80 Å². The molecule has 0 spiro atoms. The second-order valence-electron chi connectivity index (χ2n) is 7.04. The smallest absolute Gasteiger partial charge is 0.250 e. The average Bonchev–Trinajstić information content (AvgIpc) is 3.02. The topological polar surface area (TPSA) is 40.6 Å². The van der Waals surface area contributed by atoms with Crippen LogP contribution in [0.25, 0.3) is 0 Å². The number of hydrogen-bond acceptors (Lipinski definition) is 2. The van der Waals surface area contributed by atoms with E-state index < -0.39 is 6.04 Å². The molecule has 1 fully saturated rings. The monoisotopic (exact) mass is 334 g/mol. The van der Waals surface area contributed by atoms with Crippen molar-refractivity contribution in [2.75, 3.05) is 16.3 Å². The summed E-state index contributed by atoms with van der Waals surface area (Å²) < 4.78 is 0. The second-order valence-corrected chi connectivity index (χ2v) is 7.04. The van der Waals surface area contributed by atoms with E-state index in [0.717, 1.165) is 17.8 Å². The number of hydrogen-bond donors (Lipinski definition) is 0. The lowest BCUT2D eigenvalue weighted by atomic mass is 9.93. The fraction of sp³-hybridized carbons (Fsp3) is 0.333. The van der Waals surface area contributed by atoms with Gasteiger partial charge in [0.05, 0.1) is 0 Å². The van der Waals surface area contributed by atoms with E-state index in [1.807, 2.05) is 53.4 Å². The molecule has 0 aromatic heterocycles. The van der Waals surface area contributed by atoms with Crippen LogP contribution in [0.15, 0.2) is 54.6 Å². The number of anilines is 2. The zero-order valence-electron chi connectivity index (χ0n) is 14.4. The van der Waals surface area contributed by atoms with Gasteiger partial charge in [0, 0.05) is 24.3 Å². The number of benzene rings is 2. The highest BCUT2D eigenvalue weighted by atomic mass is 16.2. The average molecular weight is 334 g/mol. The van der Waals surface area contributed by atoms with E-state index >= 15 is 0 Å². The van der Waals surface area contributed by atoms with Gasteiger partial charge in [-0.2, -0.15) is 0 Å².